The van der Waals surface area contributed by atoms with Gasteiger partial charge in [-0.05, 0) is 31.0 Å². The van der Waals surface area contributed by atoms with Gasteiger partial charge in [0.25, 0.3) is 0 Å². The van der Waals surface area contributed by atoms with Gasteiger partial charge in [0.1, 0.15) is 0 Å². The van der Waals surface area contributed by atoms with Crippen LogP contribution in [0.4, 0.5) is 13.2 Å². The van der Waals surface area contributed by atoms with Crippen molar-refractivity contribution in [2.75, 3.05) is 53.6 Å². The molecule has 0 unspecified atom stereocenters. The smallest absolute Gasteiger partial charge is 0.383 e. The van der Waals surface area contributed by atoms with E-state index in [2.05, 4.69) is 0 Å². The minimum absolute atomic E-state index is 0.0329. The first-order chi connectivity index (χ1) is 14.5. The molecular formula is C19H26ClF3N2O5S. The number of amides is 1. The molecule has 2 rings (SSSR count). The van der Waals surface area contributed by atoms with E-state index < -0.39 is 31.7 Å². The molecule has 7 nitrogen and oxygen atoms in total. The first-order valence-electron chi connectivity index (χ1n) is 9.66. The maximum absolute atomic E-state index is 13.1. The zero-order valence-electron chi connectivity index (χ0n) is 17.3. The summed E-state index contributed by atoms with van der Waals surface area (Å²) in [7, 11) is -1.09. The van der Waals surface area contributed by atoms with Crippen LogP contribution in [0, 0.1) is 5.92 Å². The number of halogens is 4. The van der Waals surface area contributed by atoms with Gasteiger partial charge in [-0.1, -0.05) is 11.6 Å². The van der Waals surface area contributed by atoms with Crippen LogP contribution >= 0.6 is 11.6 Å². The Labute approximate surface area is 185 Å². The van der Waals surface area contributed by atoms with E-state index in [-0.39, 0.29) is 37.8 Å². The fraction of sp³-hybridized carbons (Fsp3) is 0.632. The topological polar surface area (TPSA) is 76.2 Å². The van der Waals surface area contributed by atoms with Crippen LogP contribution in [0.15, 0.2) is 23.1 Å². The molecule has 31 heavy (non-hydrogen) atoms. The first kappa shape index (κ1) is 25.9. The number of hydrogen-bond acceptors (Lipinski definition) is 5. The van der Waals surface area contributed by atoms with E-state index in [1.54, 1.807) is 4.90 Å². The Morgan fingerprint density at radius 2 is 1.71 bits per heavy atom. The van der Waals surface area contributed by atoms with Crippen molar-refractivity contribution in [3.8, 4) is 0 Å². The van der Waals surface area contributed by atoms with E-state index in [0.717, 1.165) is 16.4 Å². The van der Waals surface area contributed by atoms with Gasteiger partial charge in [0.05, 0.1) is 28.7 Å². The second-order valence-corrected chi connectivity index (χ2v) is 9.47. The van der Waals surface area contributed by atoms with E-state index >= 15 is 0 Å². The maximum atomic E-state index is 13.1. The number of carbonyl (C=O) groups is 1. The fourth-order valence-electron chi connectivity index (χ4n) is 3.37. The highest BCUT2D eigenvalue weighted by Crippen LogP contribution is 2.36. The number of hydrogen-bond donors (Lipinski definition) is 0. The SMILES string of the molecule is COCCN(CCOC)C(=O)C1CCN(S(=O)(=O)c2ccc(Cl)c(C(F)(F)F)c2)CC1. The predicted molar refractivity (Wildman–Crippen MR) is 108 cm³/mol. The normalized spacial score (nSPS) is 16.5. The molecule has 0 radical (unpaired) electrons. The lowest BCUT2D eigenvalue weighted by molar-refractivity contribution is -0.138. The van der Waals surface area contributed by atoms with E-state index in [1.165, 1.54) is 14.2 Å². The van der Waals surface area contributed by atoms with Crippen LogP contribution in [0.25, 0.3) is 0 Å². The van der Waals surface area contributed by atoms with Crippen LogP contribution in [0.5, 0.6) is 0 Å². The Morgan fingerprint density at radius 3 is 2.19 bits per heavy atom. The number of rotatable bonds is 9. The van der Waals surface area contributed by atoms with Crippen molar-refractivity contribution in [3.63, 3.8) is 0 Å². The van der Waals surface area contributed by atoms with Crippen LogP contribution < -0.4 is 0 Å². The fourth-order valence-corrected chi connectivity index (χ4v) is 5.09. The molecule has 1 aliphatic rings. The summed E-state index contributed by atoms with van der Waals surface area (Å²) < 4.78 is 76.2. The molecule has 176 valence electrons. The summed E-state index contributed by atoms with van der Waals surface area (Å²) in [5.74, 6) is -0.492. The molecule has 0 atom stereocenters. The third-order valence-electron chi connectivity index (χ3n) is 5.13. The van der Waals surface area contributed by atoms with Crippen molar-refractivity contribution in [1.82, 2.24) is 9.21 Å². The highest BCUT2D eigenvalue weighted by Gasteiger charge is 2.37. The van der Waals surface area contributed by atoms with Gasteiger partial charge >= 0.3 is 6.18 Å². The van der Waals surface area contributed by atoms with Gasteiger partial charge in [0.15, 0.2) is 0 Å². The average Bonchev–Trinajstić information content (AvgIpc) is 2.73. The molecule has 1 aromatic rings. The summed E-state index contributed by atoms with van der Waals surface area (Å²) >= 11 is 5.58. The number of alkyl halides is 3. The van der Waals surface area contributed by atoms with Crippen LogP contribution in [0.1, 0.15) is 18.4 Å². The molecule has 12 heteroatoms. The highest BCUT2D eigenvalue weighted by atomic mass is 35.5. The highest BCUT2D eigenvalue weighted by molar-refractivity contribution is 7.89. The van der Waals surface area contributed by atoms with Crippen LogP contribution in [0.2, 0.25) is 5.02 Å². The minimum atomic E-state index is -4.77. The molecule has 1 heterocycles. The summed E-state index contributed by atoms with van der Waals surface area (Å²) in [6.45, 7) is 1.57. The third kappa shape index (κ3) is 6.55. The average molecular weight is 487 g/mol. The summed E-state index contributed by atoms with van der Waals surface area (Å²) in [6.07, 6.45) is -4.22. The number of benzene rings is 1. The third-order valence-corrected chi connectivity index (χ3v) is 7.35. The number of methoxy groups -OCH3 is 2. The summed E-state index contributed by atoms with van der Waals surface area (Å²) in [5.41, 5.74) is -1.20. The van der Waals surface area contributed by atoms with Gasteiger partial charge in [-0.15, -0.1) is 0 Å². The van der Waals surface area contributed by atoms with Crippen molar-refractivity contribution < 1.29 is 35.9 Å². The van der Waals surface area contributed by atoms with E-state index in [9.17, 15) is 26.4 Å². The monoisotopic (exact) mass is 486 g/mol. The van der Waals surface area contributed by atoms with Crippen molar-refractivity contribution in [2.45, 2.75) is 23.9 Å². The Kier molecular flexibility index (Phi) is 9.14. The molecule has 0 aromatic heterocycles. The molecule has 1 aliphatic heterocycles. The second-order valence-electron chi connectivity index (χ2n) is 7.13. The van der Waals surface area contributed by atoms with Gasteiger partial charge in [-0.3, -0.25) is 4.79 Å². The molecule has 0 saturated carbocycles. The maximum Gasteiger partial charge on any atom is 0.417 e. The van der Waals surface area contributed by atoms with Crippen molar-refractivity contribution >= 4 is 27.5 Å². The molecule has 0 aliphatic carbocycles. The quantitative estimate of drug-likeness (QED) is 0.536. The van der Waals surface area contributed by atoms with Gasteiger partial charge < -0.3 is 14.4 Å². The first-order valence-corrected chi connectivity index (χ1v) is 11.5. The van der Waals surface area contributed by atoms with Gasteiger partial charge in [0.2, 0.25) is 15.9 Å². The predicted octanol–water partition coefficient (Wildman–Crippen LogP) is 2.88. The summed E-state index contributed by atoms with van der Waals surface area (Å²) in [5, 5.41) is -0.567. The lowest BCUT2D eigenvalue weighted by Gasteiger charge is -2.33. The lowest BCUT2D eigenvalue weighted by Crippen LogP contribution is -2.46. The van der Waals surface area contributed by atoms with E-state index in [4.69, 9.17) is 21.1 Å². The Balaban J connectivity index is 2.10. The Hall–Kier alpha value is -1.40. The van der Waals surface area contributed by atoms with Crippen molar-refractivity contribution in [2.24, 2.45) is 5.92 Å². The summed E-state index contributed by atoms with van der Waals surface area (Å²) in [4.78, 5) is 14.0. The number of sulfonamides is 1. The molecule has 0 bridgehead atoms. The molecule has 1 aromatic carbocycles. The van der Waals surface area contributed by atoms with E-state index in [0.29, 0.717) is 32.4 Å². The summed E-state index contributed by atoms with van der Waals surface area (Å²) in [6, 6.07) is 2.53. The largest absolute Gasteiger partial charge is 0.417 e. The molecule has 0 spiro atoms. The van der Waals surface area contributed by atoms with Gasteiger partial charge in [-0.2, -0.15) is 17.5 Å². The number of nitrogens with zero attached hydrogens (tertiary/aromatic N) is 2. The molecular weight excluding hydrogens is 461 g/mol. The number of carbonyl (C=O) groups excluding carboxylic acids is 1. The van der Waals surface area contributed by atoms with Crippen molar-refractivity contribution in [1.29, 1.82) is 0 Å². The van der Waals surface area contributed by atoms with Crippen molar-refractivity contribution in [3.05, 3.63) is 28.8 Å². The number of piperidine rings is 1. The van der Waals surface area contributed by atoms with E-state index in [1.807, 2.05) is 0 Å². The zero-order chi connectivity index (χ0) is 23.2. The molecule has 1 fully saturated rings. The van der Waals surface area contributed by atoms with Gasteiger partial charge in [0, 0.05) is 46.3 Å². The molecule has 0 N–H and O–H groups in total. The van der Waals surface area contributed by atoms with Crippen LogP contribution in [-0.4, -0.2) is 77.1 Å². The Morgan fingerprint density at radius 1 is 1.16 bits per heavy atom. The lowest BCUT2D eigenvalue weighted by atomic mass is 9.96. The Bertz CT molecular complexity index is 851. The minimum Gasteiger partial charge on any atom is -0.383 e. The van der Waals surface area contributed by atoms with Gasteiger partial charge in [-0.25, -0.2) is 8.42 Å². The van der Waals surface area contributed by atoms with Crippen LogP contribution in [0.3, 0.4) is 0 Å². The number of ether oxygens (including phenoxy) is 2. The zero-order valence-corrected chi connectivity index (χ0v) is 18.9. The second kappa shape index (κ2) is 11.0. The van der Waals surface area contributed by atoms with Crippen LogP contribution in [-0.2, 0) is 30.5 Å². The molecule has 1 saturated heterocycles. The standard InChI is InChI=1S/C19H26ClF3N2O5S/c1-29-11-9-24(10-12-30-2)18(26)14-5-7-25(8-6-14)31(27,28)15-3-4-17(20)16(13-15)19(21,22)23/h3-4,13-14H,5-12H2,1-2H3. The molecule has 1 amide bonds.